The highest BCUT2D eigenvalue weighted by atomic mass is 19.1. The summed E-state index contributed by atoms with van der Waals surface area (Å²) in [6.45, 7) is 4.76. The summed E-state index contributed by atoms with van der Waals surface area (Å²) < 4.78 is 20.4. The zero-order valence-corrected chi connectivity index (χ0v) is 15.2. The molecule has 0 radical (unpaired) electrons. The van der Waals surface area contributed by atoms with E-state index in [0.29, 0.717) is 35.9 Å². The third-order valence-corrected chi connectivity index (χ3v) is 4.00. The fourth-order valence-electron chi connectivity index (χ4n) is 2.51. The number of hydrogen-bond donors (Lipinski definition) is 1. The van der Waals surface area contributed by atoms with Crippen LogP contribution in [0.25, 0.3) is 0 Å². The molecule has 0 aliphatic rings. The van der Waals surface area contributed by atoms with Crippen molar-refractivity contribution in [1.82, 2.24) is 24.8 Å². The van der Waals surface area contributed by atoms with Gasteiger partial charge in [-0.25, -0.2) is 9.18 Å². The Hall–Kier alpha value is -3.23. The van der Waals surface area contributed by atoms with Crippen molar-refractivity contribution >= 4 is 11.7 Å². The van der Waals surface area contributed by atoms with Crippen LogP contribution < -0.4 is 5.32 Å². The summed E-state index contributed by atoms with van der Waals surface area (Å²) >= 11 is 0. The largest absolute Gasteiger partial charge is 0.337 e. The van der Waals surface area contributed by atoms with Crippen molar-refractivity contribution in [3.63, 3.8) is 0 Å². The molecule has 0 unspecified atom stereocenters. The molecular weight excluding hydrogens is 351 g/mol. The lowest BCUT2D eigenvalue weighted by atomic mass is 10.2. The molecule has 142 valence electrons. The molecule has 0 bridgehead atoms. The average Bonchev–Trinajstić information content (AvgIpc) is 3.30. The van der Waals surface area contributed by atoms with Crippen LogP contribution in [0, 0.1) is 5.82 Å². The fourth-order valence-corrected chi connectivity index (χ4v) is 2.51. The predicted molar refractivity (Wildman–Crippen MR) is 96.5 cm³/mol. The first-order valence-electron chi connectivity index (χ1n) is 8.72. The topological polar surface area (TPSA) is 89.1 Å². The number of anilines is 1. The Kier molecular flexibility index (Phi) is 5.80. The van der Waals surface area contributed by atoms with Gasteiger partial charge in [0.1, 0.15) is 12.4 Å². The average molecular weight is 372 g/mol. The summed E-state index contributed by atoms with van der Waals surface area (Å²) in [6, 6.07) is 6.20. The van der Waals surface area contributed by atoms with E-state index in [1.54, 1.807) is 34.0 Å². The van der Waals surface area contributed by atoms with Crippen LogP contribution in [0.2, 0.25) is 0 Å². The molecule has 2 aromatic heterocycles. The maximum Gasteiger partial charge on any atom is 0.322 e. The van der Waals surface area contributed by atoms with Gasteiger partial charge in [-0.15, -0.1) is 0 Å². The third kappa shape index (κ3) is 4.69. The second-order valence-corrected chi connectivity index (χ2v) is 5.92. The van der Waals surface area contributed by atoms with Crippen molar-refractivity contribution in [2.24, 2.45) is 0 Å². The number of urea groups is 1. The van der Waals surface area contributed by atoms with Gasteiger partial charge in [0, 0.05) is 24.7 Å². The maximum absolute atomic E-state index is 13.7. The van der Waals surface area contributed by atoms with E-state index in [-0.39, 0.29) is 24.9 Å². The van der Waals surface area contributed by atoms with Gasteiger partial charge >= 0.3 is 6.03 Å². The molecule has 8 nitrogen and oxygen atoms in total. The highest BCUT2D eigenvalue weighted by Gasteiger charge is 2.17. The van der Waals surface area contributed by atoms with E-state index >= 15 is 0 Å². The Balaban J connectivity index is 1.61. The van der Waals surface area contributed by atoms with Crippen molar-refractivity contribution in [2.75, 3.05) is 11.9 Å². The van der Waals surface area contributed by atoms with Crippen molar-refractivity contribution in [2.45, 2.75) is 33.4 Å². The SMILES string of the molecule is CCc1noc(CN(CC)C(=O)Nc2cnn(Cc3ccccc3F)c2)n1. The van der Waals surface area contributed by atoms with Gasteiger partial charge in [0.2, 0.25) is 5.89 Å². The molecular formula is C18H21FN6O2. The smallest absolute Gasteiger partial charge is 0.322 e. The van der Waals surface area contributed by atoms with Gasteiger partial charge in [-0.1, -0.05) is 30.3 Å². The van der Waals surface area contributed by atoms with Crippen LogP contribution in [0.1, 0.15) is 31.1 Å². The summed E-state index contributed by atoms with van der Waals surface area (Å²) in [4.78, 5) is 18.2. The van der Waals surface area contributed by atoms with Crippen molar-refractivity contribution in [3.05, 3.63) is 59.8 Å². The molecule has 9 heteroatoms. The van der Waals surface area contributed by atoms with Crippen LogP contribution in [-0.4, -0.2) is 37.4 Å². The van der Waals surface area contributed by atoms with E-state index in [9.17, 15) is 9.18 Å². The lowest BCUT2D eigenvalue weighted by molar-refractivity contribution is 0.203. The van der Waals surface area contributed by atoms with E-state index in [1.165, 1.54) is 12.3 Å². The zero-order chi connectivity index (χ0) is 19.2. The van der Waals surface area contributed by atoms with Crippen molar-refractivity contribution in [1.29, 1.82) is 0 Å². The van der Waals surface area contributed by atoms with Crippen molar-refractivity contribution < 1.29 is 13.7 Å². The van der Waals surface area contributed by atoms with E-state index in [2.05, 4.69) is 20.6 Å². The Labute approximate surface area is 156 Å². The molecule has 2 heterocycles. The van der Waals surface area contributed by atoms with E-state index in [0.717, 1.165) is 0 Å². The summed E-state index contributed by atoms with van der Waals surface area (Å²) in [5.74, 6) is 0.705. The van der Waals surface area contributed by atoms with Gasteiger partial charge in [-0.05, 0) is 13.0 Å². The fraction of sp³-hybridized carbons (Fsp3) is 0.333. The molecule has 27 heavy (non-hydrogen) atoms. The quantitative estimate of drug-likeness (QED) is 0.688. The molecule has 0 saturated heterocycles. The second-order valence-electron chi connectivity index (χ2n) is 5.92. The molecule has 1 aromatic carbocycles. The molecule has 0 aliphatic heterocycles. The Morgan fingerprint density at radius 1 is 1.33 bits per heavy atom. The highest BCUT2D eigenvalue weighted by molar-refractivity contribution is 5.88. The van der Waals surface area contributed by atoms with Gasteiger partial charge < -0.3 is 14.7 Å². The van der Waals surface area contributed by atoms with Gasteiger partial charge in [-0.3, -0.25) is 4.68 Å². The normalized spacial score (nSPS) is 10.8. The van der Waals surface area contributed by atoms with Crippen LogP contribution in [0.15, 0.2) is 41.2 Å². The molecule has 0 atom stereocenters. The Bertz CT molecular complexity index is 907. The molecule has 3 aromatic rings. The number of hydrogen-bond acceptors (Lipinski definition) is 5. The second kappa shape index (κ2) is 8.43. The molecule has 2 amide bonds. The Morgan fingerprint density at radius 2 is 2.15 bits per heavy atom. The van der Waals surface area contributed by atoms with Gasteiger partial charge in [-0.2, -0.15) is 10.1 Å². The van der Waals surface area contributed by atoms with Gasteiger partial charge in [0.15, 0.2) is 5.82 Å². The number of halogens is 1. The van der Waals surface area contributed by atoms with Crippen LogP contribution in [0.5, 0.6) is 0 Å². The van der Waals surface area contributed by atoms with E-state index in [4.69, 9.17) is 4.52 Å². The minimum atomic E-state index is -0.306. The third-order valence-electron chi connectivity index (χ3n) is 4.00. The number of nitrogens with one attached hydrogen (secondary N) is 1. The van der Waals surface area contributed by atoms with Crippen LogP contribution in [0.3, 0.4) is 0 Å². The van der Waals surface area contributed by atoms with Gasteiger partial charge in [0.25, 0.3) is 0 Å². The molecule has 0 fully saturated rings. The summed E-state index contributed by atoms with van der Waals surface area (Å²) in [7, 11) is 0. The van der Waals surface area contributed by atoms with Crippen LogP contribution in [-0.2, 0) is 19.5 Å². The summed E-state index contributed by atoms with van der Waals surface area (Å²) in [5, 5.41) is 10.8. The first-order valence-corrected chi connectivity index (χ1v) is 8.72. The predicted octanol–water partition coefficient (Wildman–Crippen LogP) is 3.07. The lowest BCUT2D eigenvalue weighted by Gasteiger charge is -2.18. The summed E-state index contributed by atoms with van der Waals surface area (Å²) in [6.07, 6.45) is 3.84. The lowest BCUT2D eigenvalue weighted by Crippen LogP contribution is -2.34. The zero-order valence-electron chi connectivity index (χ0n) is 15.2. The Morgan fingerprint density at radius 3 is 2.85 bits per heavy atom. The molecule has 0 saturated carbocycles. The molecule has 3 rings (SSSR count). The minimum Gasteiger partial charge on any atom is -0.337 e. The van der Waals surface area contributed by atoms with Crippen molar-refractivity contribution in [3.8, 4) is 0 Å². The van der Waals surface area contributed by atoms with E-state index in [1.807, 2.05) is 13.8 Å². The number of nitrogens with zero attached hydrogens (tertiary/aromatic N) is 5. The number of aromatic nitrogens is 4. The van der Waals surface area contributed by atoms with Crippen LogP contribution >= 0.6 is 0 Å². The molecule has 1 N–H and O–H groups in total. The number of benzene rings is 1. The van der Waals surface area contributed by atoms with Gasteiger partial charge in [0.05, 0.1) is 18.4 Å². The van der Waals surface area contributed by atoms with Crippen LogP contribution in [0.4, 0.5) is 14.9 Å². The summed E-state index contributed by atoms with van der Waals surface area (Å²) in [5.41, 5.74) is 1.05. The number of carbonyl (C=O) groups excluding carboxylic acids is 1. The monoisotopic (exact) mass is 372 g/mol. The minimum absolute atomic E-state index is 0.221. The maximum atomic E-state index is 13.7. The number of carbonyl (C=O) groups is 1. The number of amides is 2. The first kappa shape index (κ1) is 18.6. The molecule has 0 aliphatic carbocycles. The molecule has 0 spiro atoms. The number of aryl methyl sites for hydroxylation is 1. The standard InChI is InChI=1S/C18H21FN6O2/c1-3-16-22-17(27-23-16)12-24(4-2)18(26)21-14-9-20-25(11-14)10-13-7-5-6-8-15(13)19/h5-9,11H,3-4,10,12H2,1-2H3,(H,21,26). The first-order chi connectivity index (χ1) is 13.1. The number of rotatable bonds is 7. The van der Waals surface area contributed by atoms with E-state index < -0.39 is 0 Å². The highest BCUT2D eigenvalue weighted by Crippen LogP contribution is 2.12.